The third kappa shape index (κ3) is 6.28. The van der Waals surface area contributed by atoms with Crippen molar-refractivity contribution in [1.82, 2.24) is 4.90 Å². The fourth-order valence-electron chi connectivity index (χ4n) is 2.72. The predicted octanol–water partition coefficient (Wildman–Crippen LogP) is 2.01. The first kappa shape index (κ1) is 18.4. The SMILES string of the molecule is COCC[C@@H]1CN(CCCC(=O)Nc2ccc(C#N)cc2)CCO1. The van der Waals surface area contributed by atoms with Gasteiger partial charge in [0, 0.05) is 38.9 Å². The van der Waals surface area contributed by atoms with Crippen LogP contribution in [0.25, 0.3) is 0 Å². The van der Waals surface area contributed by atoms with Crippen LogP contribution in [0.1, 0.15) is 24.8 Å². The molecule has 0 bridgehead atoms. The molecule has 1 amide bonds. The Labute approximate surface area is 143 Å². The van der Waals surface area contributed by atoms with E-state index in [0.717, 1.165) is 44.8 Å². The minimum atomic E-state index is 0.00361. The molecule has 1 atom stereocenters. The van der Waals surface area contributed by atoms with Gasteiger partial charge >= 0.3 is 0 Å². The topological polar surface area (TPSA) is 74.6 Å². The van der Waals surface area contributed by atoms with Crippen LogP contribution in [0, 0.1) is 11.3 Å². The second-order valence-corrected chi connectivity index (χ2v) is 5.92. The van der Waals surface area contributed by atoms with Crippen molar-refractivity contribution in [2.45, 2.75) is 25.4 Å². The fraction of sp³-hybridized carbons (Fsp3) is 0.556. The summed E-state index contributed by atoms with van der Waals surface area (Å²) in [5, 5.41) is 11.6. The van der Waals surface area contributed by atoms with Gasteiger partial charge in [-0.25, -0.2) is 0 Å². The zero-order valence-corrected chi connectivity index (χ0v) is 14.2. The first-order chi connectivity index (χ1) is 11.7. The van der Waals surface area contributed by atoms with E-state index in [1.807, 2.05) is 0 Å². The van der Waals surface area contributed by atoms with Gasteiger partial charge in [0.25, 0.3) is 0 Å². The zero-order valence-electron chi connectivity index (χ0n) is 14.2. The summed E-state index contributed by atoms with van der Waals surface area (Å²) < 4.78 is 10.8. The van der Waals surface area contributed by atoms with Crippen molar-refractivity contribution < 1.29 is 14.3 Å². The van der Waals surface area contributed by atoms with Crippen LogP contribution in [-0.4, -0.2) is 56.9 Å². The molecule has 1 saturated heterocycles. The third-order valence-corrected chi connectivity index (χ3v) is 4.04. The number of nitrogens with one attached hydrogen (secondary N) is 1. The summed E-state index contributed by atoms with van der Waals surface area (Å²) in [7, 11) is 1.70. The summed E-state index contributed by atoms with van der Waals surface area (Å²) in [4.78, 5) is 14.3. The first-order valence-corrected chi connectivity index (χ1v) is 8.34. The lowest BCUT2D eigenvalue weighted by molar-refractivity contribution is -0.116. The quantitative estimate of drug-likeness (QED) is 0.789. The molecule has 0 spiro atoms. The number of carbonyl (C=O) groups is 1. The summed E-state index contributed by atoms with van der Waals surface area (Å²) in [6, 6.07) is 8.95. The van der Waals surface area contributed by atoms with Gasteiger partial charge in [-0.05, 0) is 43.7 Å². The lowest BCUT2D eigenvalue weighted by Gasteiger charge is -2.32. The minimum absolute atomic E-state index is 0.00361. The Hall–Kier alpha value is -1.94. The molecule has 0 aromatic heterocycles. The van der Waals surface area contributed by atoms with Gasteiger partial charge in [0.05, 0.1) is 24.3 Å². The lowest BCUT2D eigenvalue weighted by Crippen LogP contribution is -2.43. The summed E-state index contributed by atoms with van der Waals surface area (Å²) in [6.45, 7) is 4.17. The highest BCUT2D eigenvalue weighted by molar-refractivity contribution is 5.90. The largest absolute Gasteiger partial charge is 0.385 e. The number of rotatable bonds is 8. The van der Waals surface area contributed by atoms with E-state index in [0.29, 0.717) is 18.6 Å². The van der Waals surface area contributed by atoms with Gasteiger partial charge in [-0.1, -0.05) is 0 Å². The zero-order chi connectivity index (χ0) is 17.2. The number of methoxy groups -OCH3 is 1. The van der Waals surface area contributed by atoms with Crippen molar-refractivity contribution >= 4 is 11.6 Å². The Morgan fingerprint density at radius 2 is 2.25 bits per heavy atom. The Morgan fingerprint density at radius 3 is 2.96 bits per heavy atom. The molecule has 1 aromatic carbocycles. The number of benzene rings is 1. The molecule has 0 radical (unpaired) electrons. The molecular weight excluding hydrogens is 306 g/mol. The molecule has 6 heteroatoms. The number of amides is 1. The van der Waals surface area contributed by atoms with Gasteiger partial charge in [0.15, 0.2) is 0 Å². The van der Waals surface area contributed by atoms with Crippen LogP contribution in [-0.2, 0) is 14.3 Å². The molecular formula is C18H25N3O3. The average molecular weight is 331 g/mol. The van der Waals surface area contributed by atoms with Crippen molar-refractivity contribution in [3.8, 4) is 6.07 Å². The van der Waals surface area contributed by atoms with Crippen LogP contribution in [0.15, 0.2) is 24.3 Å². The van der Waals surface area contributed by atoms with Gasteiger partial charge in [-0.2, -0.15) is 5.26 Å². The van der Waals surface area contributed by atoms with E-state index >= 15 is 0 Å². The summed E-state index contributed by atoms with van der Waals surface area (Å²) in [6.07, 6.45) is 2.44. The van der Waals surface area contributed by atoms with E-state index in [9.17, 15) is 4.79 Å². The van der Waals surface area contributed by atoms with Crippen LogP contribution in [0.2, 0.25) is 0 Å². The number of morpholine rings is 1. The molecule has 1 aliphatic rings. The monoisotopic (exact) mass is 331 g/mol. The number of hydrogen-bond donors (Lipinski definition) is 1. The molecule has 1 fully saturated rings. The maximum atomic E-state index is 12.0. The summed E-state index contributed by atoms with van der Waals surface area (Å²) >= 11 is 0. The Kier molecular flexibility index (Phi) is 7.69. The number of ether oxygens (including phenoxy) is 2. The average Bonchev–Trinajstić information content (AvgIpc) is 2.61. The maximum Gasteiger partial charge on any atom is 0.224 e. The predicted molar refractivity (Wildman–Crippen MR) is 91.7 cm³/mol. The minimum Gasteiger partial charge on any atom is -0.385 e. The molecule has 6 nitrogen and oxygen atoms in total. The smallest absolute Gasteiger partial charge is 0.224 e. The molecule has 1 aromatic rings. The number of nitrogens with zero attached hydrogens (tertiary/aromatic N) is 2. The Balaban J connectivity index is 1.65. The number of carbonyl (C=O) groups excluding carboxylic acids is 1. The molecule has 0 unspecified atom stereocenters. The molecule has 1 aliphatic heterocycles. The number of nitriles is 1. The highest BCUT2D eigenvalue weighted by Crippen LogP contribution is 2.11. The molecule has 0 aliphatic carbocycles. The van der Waals surface area contributed by atoms with E-state index in [2.05, 4.69) is 16.3 Å². The van der Waals surface area contributed by atoms with Crippen molar-refractivity contribution in [1.29, 1.82) is 5.26 Å². The van der Waals surface area contributed by atoms with E-state index < -0.39 is 0 Å². The number of hydrogen-bond acceptors (Lipinski definition) is 5. The van der Waals surface area contributed by atoms with E-state index in [1.165, 1.54) is 0 Å². The lowest BCUT2D eigenvalue weighted by atomic mass is 10.2. The molecule has 1 N–H and O–H groups in total. The van der Waals surface area contributed by atoms with Crippen LogP contribution >= 0.6 is 0 Å². The maximum absolute atomic E-state index is 12.0. The van der Waals surface area contributed by atoms with Crippen molar-refractivity contribution in [3.63, 3.8) is 0 Å². The van der Waals surface area contributed by atoms with E-state index in [1.54, 1.807) is 31.4 Å². The fourth-order valence-corrected chi connectivity index (χ4v) is 2.72. The van der Waals surface area contributed by atoms with Crippen LogP contribution in [0.4, 0.5) is 5.69 Å². The van der Waals surface area contributed by atoms with E-state index in [-0.39, 0.29) is 12.0 Å². The van der Waals surface area contributed by atoms with Gasteiger partial charge in [-0.3, -0.25) is 9.69 Å². The Morgan fingerprint density at radius 1 is 1.46 bits per heavy atom. The molecule has 0 saturated carbocycles. The van der Waals surface area contributed by atoms with Gasteiger partial charge in [0.1, 0.15) is 0 Å². The van der Waals surface area contributed by atoms with Crippen LogP contribution < -0.4 is 5.32 Å². The third-order valence-electron chi connectivity index (χ3n) is 4.04. The summed E-state index contributed by atoms with van der Waals surface area (Å²) in [5.41, 5.74) is 1.31. The Bertz CT molecular complexity index is 554. The van der Waals surface area contributed by atoms with Crippen molar-refractivity contribution in [2.75, 3.05) is 45.3 Å². The van der Waals surface area contributed by atoms with Gasteiger partial charge in [0.2, 0.25) is 5.91 Å². The second kappa shape index (κ2) is 10.0. The second-order valence-electron chi connectivity index (χ2n) is 5.92. The highest BCUT2D eigenvalue weighted by Gasteiger charge is 2.19. The highest BCUT2D eigenvalue weighted by atomic mass is 16.5. The molecule has 130 valence electrons. The first-order valence-electron chi connectivity index (χ1n) is 8.34. The molecule has 2 rings (SSSR count). The molecule has 1 heterocycles. The number of anilines is 1. The normalized spacial score (nSPS) is 18.1. The van der Waals surface area contributed by atoms with Gasteiger partial charge < -0.3 is 14.8 Å². The van der Waals surface area contributed by atoms with Crippen molar-refractivity contribution in [3.05, 3.63) is 29.8 Å². The van der Waals surface area contributed by atoms with E-state index in [4.69, 9.17) is 14.7 Å². The van der Waals surface area contributed by atoms with Crippen LogP contribution in [0.5, 0.6) is 0 Å². The summed E-state index contributed by atoms with van der Waals surface area (Å²) in [5.74, 6) is 0.00361. The standard InChI is InChI=1S/C18H25N3O3/c1-23-11-8-17-14-21(10-12-24-17)9-2-3-18(22)20-16-6-4-15(13-19)5-7-16/h4-7,17H,2-3,8-12,14H2,1H3,(H,20,22)/t17-/m1/s1. The van der Waals surface area contributed by atoms with Gasteiger partial charge in [-0.15, -0.1) is 0 Å². The van der Waals surface area contributed by atoms with Crippen LogP contribution in [0.3, 0.4) is 0 Å². The molecule has 24 heavy (non-hydrogen) atoms. The van der Waals surface area contributed by atoms with Crippen molar-refractivity contribution in [2.24, 2.45) is 0 Å².